The second-order valence-corrected chi connectivity index (χ2v) is 5.80. The SMILES string of the molecule is CCO/C(=C/C=C/C=C/C(=O)c1ccc(C)cc1)c1ccc(C)cc1. The summed E-state index contributed by atoms with van der Waals surface area (Å²) < 4.78 is 5.69. The molecule has 0 radical (unpaired) electrons. The Kier molecular flexibility index (Phi) is 6.97. The van der Waals surface area contributed by atoms with Crippen LogP contribution in [0.5, 0.6) is 0 Å². The number of ketones is 1. The molecule has 2 nitrogen and oxygen atoms in total. The lowest BCUT2D eigenvalue weighted by molar-refractivity contribution is 0.104. The molecule has 2 aromatic rings. The van der Waals surface area contributed by atoms with Crippen molar-refractivity contribution in [2.45, 2.75) is 20.8 Å². The van der Waals surface area contributed by atoms with Gasteiger partial charge in [0.05, 0.1) is 6.61 Å². The van der Waals surface area contributed by atoms with E-state index in [1.807, 2.05) is 68.5 Å². The van der Waals surface area contributed by atoms with Gasteiger partial charge in [-0.05, 0) is 32.9 Å². The number of aryl methyl sites for hydroxylation is 2. The molecule has 0 fully saturated rings. The molecule has 0 aromatic heterocycles. The van der Waals surface area contributed by atoms with Gasteiger partial charge in [-0.25, -0.2) is 0 Å². The number of hydrogen-bond acceptors (Lipinski definition) is 2. The van der Waals surface area contributed by atoms with Gasteiger partial charge in [-0.2, -0.15) is 0 Å². The third-order valence-corrected chi connectivity index (χ3v) is 3.69. The summed E-state index contributed by atoms with van der Waals surface area (Å²) in [5.74, 6) is 0.814. The lowest BCUT2D eigenvalue weighted by Gasteiger charge is -2.08. The van der Waals surface area contributed by atoms with Crippen LogP contribution in [0.25, 0.3) is 5.76 Å². The number of allylic oxidation sites excluding steroid dienone is 5. The first-order chi connectivity index (χ1) is 12.1. The Bertz CT molecular complexity index is 776. The Labute approximate surface area is 150 Å². The van der Waals surface area contributed by atoms with Crippen LogP contribution < -0.4 is 0 Å². The molecule has 2 aromatic carbocycles. The summed E-state index contributed by atoms with van der Waals surface area (Å²) in [7, 11) is 0. The average Bonchev–Trinajstić information content (AvgIpc) is 2.61. The standard InChI is InChI=1S/C23H24O2/c1-4-25-23(21-16-12-19(3)13-17-21)9-7-5-6-8-22(24)20-14-10-18(2)11-15-20/h5-17H,4H2,1-3H3/b7-5+,8-6+,23-9+. The van der Waals surface area contributed by atoms with E-state index in [1.165, 1.54) is 5.56 Å². The molecule has 0 aliphatic carbocycles. The second-order valence-electron chi connectivity index (χ2n) is 5.80. The highest BCUT2D eigenvalue weighted by molar-refractivity contribution is 6.04. The van der Waals surface area contributed by atoms with E-state index in [0.29, 0.717) is 12.2 Å². The molecule has 0 aliphatic rings. The molecule has 128 valence electrons. The van der Waals surface area contributed by atoms with Crippen molar-refractivity contribution in [3.63, 3.8) is 0 Å². The minimum Gasteiger partial charge on any atom is -0.493 e. The predicted octanol–water partition coefficient (Wildman–Crippen LogP) is 5.68. The fraction of sp³-hybridized carbons (Fsp3) is 0.174. The Hall–Kier alpha value is -2.87. The van der Waals surface area contributed by atoms with Crippen molar-refractivity contribution in [2.24, 2.45) is 0 Å². The first kappa shape index (κ1) is 18.5. The maximum atomic E-state index is 12.0. The first-order valence-corrected chi connectivity index (χ1v) is 8.46. The number of hydrogen-bond donors (Lipinski definition) is 0. The summed E-state index contributed by atoms with van der Waals surface area (Å²) in [6, 6.07) is 15.8. The summed E-state index contributed by atoms with van der Waals surface area (Å²) >= 11 is 0. The molecule has 0 atom stereocenters. The number of rotatable bonds is 7. The number of carbonyl (C=O) groups is 1. The number of carbonyl (C=O) groups excluding carboxylic acids is 1. The Morgan fingerprint density at radius 2 is 1.40 bits per heavy atom. The van der Waals surface area contributed by atoms with Gasteiger partial charge in [-0.1, -0.05) is 77.9 Å². The van der Waals surface area contributed by atoms with Crippen molar-refractivity contribution in [1.29, 1.82) is 0 Å². The molecule has 0 bridgehead atoms. The van der Waals surface area contributed by atoms with Crippen molar-refractivity contribution < 1.29 is 9.53 Å². The van der Waals surface area contributed by atoms with Crippen LogP contribution in [0.15, 0.2) is 78.9 Å². The van der Waals surface area contributed by atoms with Crippen molar-refractivity contribution in [3.05, 3.63) is 101 Å². The van der Waals surface area contributed by atoms with E-state index in [-0.39, 0.29) is 5.78 Å². The van der Waals surface area contributed by atoms with Crippen LogP contribution in [0.1, 0.15) is 34.0 Å². The van der Waals surface area contributed by atoms with Gasteiger partial charge in [0, 0.05) is 11.1 Å². The quantitative estimate of drug-likeness (QED) is 0.282. The van der Waals surface area contributed by atoms with E-state index in [0.717, 1.165) is 16.9 Å². The van der Waals surface area contributed by atoms with Crippen LogP contribution in [-0.4, -0.2) is 12.4 Å². The maximum absolute atomic E-state index is 12.0. The number of ether oxygens (including phenoxy) is 1. The van der Waals surface area contributed by atoms with Crippen LogP contribution in [0.3, 0.4) is 0 Å². The third-order valence-electron chi connectivity index (χ3n) is 3.69. The van der Waals surface area contributed by atoms with Crippen molar-refractivity contribution in [1.82, 2.24) is 0 Å². The van der Waals surface area contributed by atoms with Gasteiger partial charge in [0.2, 0.25) is 0 Å². The summed E-state index contributed by atoms with van der Waals surface area (Å²) in [5, 5.41) is 0. The molecular weight excluding hydrogens is 308 g/mol. The zero-order chi connectivity index (χ0) is 18.1. The van der Waals surface area contributed by atoms with Gasteiger partial charge in [0.15, 0.2) is 5.78 Å². The van der Waals surface area contributed by atoms with Gasteiger partial charge < -0.3 is 4.74 Å². The highest BCUT2D eigenvalue weighted by Gasteiger charge is 2.01. The van der Waals surface area contributed by atoms with Crippen LogP contribution in [0.4, 0.5) is 0 Å². The Morgan fingerprint density at radius 3 is 1.96 bits per heavy atom. The Balaban J connectivity index is 2.03. The lowest BCUT2D eigenvalue weighted by atomic mass is 10.1. The summed E-state index contributed by atoms with van der Waals surface area (Å²) in [6.07, 6.45) is 8.94. The second kappa shape index (κ2) is 9.43. The fourth-order valence-corrected chi connectivity index (χ4v) is 2.27. The fourth-order valence-electron chi connectivity index (χ4n) is 2.27. The largest absolute Gasteiger partial charge is 0.493 e. The molecule has 0 unspecified atom stereocenters. The van der Waals surface area contributed by atoms with E-state index in [9.17, 15) is 4.79 Å². The molecule has 0 saturated carbocycles. The molecule has 0 saturated heterocycles. The molecule has 2 rings (SSSR count). The average molecular weight is 332 g/mol. The molecule has 2 heteroatoms. The maximum Gasteiger partial charge on any atom is 0.185 e. The highest BCUT2D eigenvalue weighted by Crippen LogP contribution is 2.16. The van der Waals surface area contributed by atoms with Crippen LogP contribution >= 0.6 is 0 Å². The van der Waals surface area contributed by atoms with Crippen molar-refractivity contribution >= 4 is 11.5 Å². The monoisotopic (exact) mass is 332 g/mol. The van der Waals surface area contributed by atoms with E-state index in [1.54, 1.807) is 12.2 Å². The normalized spacial score (nSPS) is 12.0. The van der Waals surface area contributed by atoms with Crippen LogP contribution in [0.2, 0.25) is 0 Å². The van der Waals surface area contributed by atoms with E-state index in [2.05, 4.69) is 19.1 Å². The topological polar surface area (TPSA) is 26.3 Å². The molecular formula is C23H24O2. The smallest absolute Gasteiger partial charge is 0.185 e. The van der Waals surface area contributed by atoms with Gasteiger partial charge in [0.25, 0.3) is 0 Å². The van der Waals surface area contributed by atoms with Gasteiger partial charge in [-0.15, -0.1) is 0 Å². The molecule has 0 aliphatic heterocycles. The van der Waals surface area contributed by atoms with Gasteiger partial charge in [-0.3, -0.25) is 4.79 Å². The van der Waals surface area contributed by atoms with Crippen molar-refractivity contribution in [3.8, 4) is 0 Å². The minimum atomic E-state index is -0.00260. The molecule has 0 N–H and O–H groups in total. The van der Waals surface area contributed by atoms with E-state index >= 15 is 0 Å². The molecule has 0 spiro atoms. The minimum absolute atomic E-state index is 0.00260. The highest BCUT2D eigenvalue weighted by atomic mass is 16.5. The molecule has 0 amide bonds. The molecule has 0 heterocycles. The van der Waals surface area contributed by atoms with E-state index in [4.69, 9.17) is 4.74 Å². The molecule has 25 heavy (non-hydrogen) atoms. The predicted molar refractivity (Wildman–Crippen MR) is 105 cm³/mol. The van der Waals surface area contributed by atoms with E-state index < -0.39 is 0 Å². The van der Waals surface area contributed by atoms with Crippen LogP contribution in [0, 0.1) is 13.8 Å². The van der Waals surface area contributed by atoms with Crippen molar-refractivity contribution in [2.75, 3.05) is 6.61 Å². The Morgan fingerprint density at radius 1 is 0.840 bits per heavy atom. The van der Waals surface area contributed by atoms with Gasteiger partial charge >= 0.3 is 0 Å². The summed E-state index contributed by atoms with van der Waals surface area (Å²) in [6.45, 7) is 6.63. The lowest BCUT2D eigenvalue weighted by Crippen LogP contribution is -1.93. The van der Waals surface area contributed by atoms with Crippen LogP contribution in [-0.2, 0) is 4.74 Å². The van der Waals surface area contributed by atoms with Gasteiger partial charge in [0.1, 0.15) is 5.76 Å². The third kappa shape index (κ3) is 5.92. The summed E-state index contributed by atoms with van der Waals surface area (Å²) in [5.41, 5.74) is 4.09. The number of benzene rings is 2. The summed E-state index contributed by atoms with van der Waals surface area (Å²) in [4.78, 5) is 12.0. The first-order valence-electron chi connectivity index (χ1n) is 8.46. The zero-order valence-corrected chi connectivity index (χ0v) is 15.0. The zero-order valence-electron chi connectivity index (χ0n) is 15.0.